The van der Waals surface area contributed by atoms with E-state index < -0.39 is 6.10 Å². The average Bonchev–Trinajstić information content (AvgIpc) is 3.31. The fraction of sp³-hybridized carbons (Fsp3) is 0.148. The zero-order valence-corrected chi connectivity index (χ0v) is 19.6. The van der Waals surface area contributed by atoms with Gasteiger partial charge >= 0.3 is 0 Å². The van der Waals surface area contributed by atoms with Crippen LogP contribution >= 0.6 is 0 Å². The maximum atomic E-state index is 12.8. The van der Waals surface area contributed by atoms with E-state index in [2.05, 4.69) is 20.5 Å². The van der Waals surface area contributed by atoms with Crippen LogP contribution in [0.25, 0.3) is 28.4 Å². The second-order valence-corrected chi connectivity index (χ2v) is 8.26. The predicted molar refractivity (Wildman–Crippen MR) is 134 cm³/mol. The lowest BCUT2D eigenvalue weighted by molar-refractivity contribution is -0.122. The van der Waals surface area contributed by atoms with E-state index >= 15 is 0 Å². The normalized spacial score (nSPS) is 11.9. The third-order valence-corrected chi connectivity index (χ3v) is 5.81. The zero-order valence-electron chi connectivity index (χ0n) is 19.6. The largest absolute Gasteiger partial charge is 0.481 e. The topological polar surface area (TPSA) is 94.3 Å². The summed E-state index contributed by atoms with van der Waals surface area (Å²) in [5, 5.41) is 16.1. The Labute approximate surface area is 202 Å². The highest BCUT2D eigenvalue weighted by molar-refractivity contribution is 5.94. The smallest absolute Gasteiger partial charge is 0.265 e. The number of ether oxygens (including phenoxy) is 1. The predicted octanol–water partition coefficient (Wildman–Crippen LogP) is 4.88. The highest BCUT2D eigenvalue weighted by atomic mass is 16.5. The number of anilines is 1. The van der Waals surface area contributed by atoms with Crippen LogP contribution in [-0.4, -0.2) is 36.8 Å². The van der Waals surface area contributed by atoms with Gasteiger partial charge in [0, 0.05) is 17.4 Å². The summed E-state index contributed by atoms with van der Waals surface area (Å²) in [6.45, 7) is 5.74. The summed E-state index contributed by atoms with van der Waals surface area (Å²) < 4.78 is 7.59. The van der Waals surface area contributed by atoms with Crippen LogP contribution in [0.4, 0.5) is 5.69 Å². The molecule has 3 aromatic heterocycles. The van der Waals surface area contributed by atoms with Crippen molar-refractivity contribution >= 4 is 17.2 Å². The number of hydrogen-bond acceptors (Lipinski definition) is 6. The number of carbonyl (C=O) groups excluding carboxylic acids is 1. The molecule has 8 nitrogen and oxygen atoms in total. The quantitative estimate of drug-likeness (QED) is 0.385. The van der Waals surface area contributed by atoms with Crippen LogP contribution in [0.1, 0.15) is 18.1 Å². The fourth-order valence-electron chi connectivity index (χ4n) is 3.69. The molecule has 35 heavy (non-hydrogen) atoms. The van der Waals surface area contributed by atoms with Crippen molar-refractivity contribution in [2.24, 2.45) is 0 Å². The van der Waals surface area contributed by atoms with E-state index in [1.807, 2.05) is 86.6 Å². The third-order valence-electron chi connectivity index (χ3n) is 5.81. The number of pyridine rings is 1. The third kappa shape index (κ3) is 4.59. The first-order valence-electron chi connectivity index (χ1n) is 11.3. The number of nitrogens with zero attached hydrogens (tertiary/aromatic N) is 5. The van der Waals surface area contributed by atoms with Crippen molar-refractivity contribution in [2.45, 2.75) is 26.9 Å². The number of benzene rings is 2. The van der Waals surface area contributed by atoms with E-state index in [9.17, 15) is 4.79 Å². The maximum absolute atomic E-state index is 12.8. The minimum Gasteiger partial charge on any atom is -0.481 e. The first-order chi connectivity index (χ1) is 17.0. The van der Waals surface area contributed by atoms with Gasteiger partial charge in [-0.2, -0.15) is 9.61 Å². The Morgan fingerprint density at radius 3 is 2.63 bits per heavy atom. The molecule has 8 heteroatoms. The molecule has 5 aromatic rings. The van der Waals surface area contributed by atoms with Crippen molar-refractivity contribution in [1.82, 2.24) is 24.8 Å². The SMILES string of the molecule is Cc1cccc(OC(C)C(=O)Nc2cccc(-c3ccc4nnc(-c5ccccn5)n4n3)c2)c1C. The molecule has 174 valence electrons. The first-order valence-corrected chi connectivity index (χ1v) is 11.3. The van der Waals surface area contributed by atoms with E-state index in [0.717, 1.165) is 16.7 Å². The van der Waals surface area contributed by atoms with E-state index in [-0.39, 0.29) is 5.91 Å². The summed E-state index contributed by atoms with van der Waals surface area (Å²) in [4.78, 5) is 17.2. The van der Waals surface area contributed by atoms with Crippen molar-refractivity contribution in [3.05, 3.63) is 90.1 Å². The molecule has 1 N–H and O–H groups in total. The van der Waals surface area contributed by atoms with E-state index in [1.165, 1.54) is 0 Å². The van der Waals surface area contributed by atoms with E-state index in [1.54, 1.807) is 17.6 Å². The van der Waals surface area contributed by atoms with Gasteiger partial charge < -0.3 is 10.1 Å². The molecule has 0 aliphatic heterocycles. The standard InChI is InChI=1S/C27H24N6O2/c1-17-8-6-12-24(18(17)2)35-19(3)27(34)29-21-10-7-9-20(16-21)22-13-14-25-30-31-26(33(25)32-22)23-11-4-5-15-28-23/h4-16,19H,1-3H3,(H,29,34). The number of rotatable bonds is 6. The van der Waals surface area contributed by atoms with Gasteiger partial charge in [-0.25, -0.2) is 0 Å². The molecular formula is C27H24N6O2. The van der Waals surface area contributed by atoms with Crippen LogP contribution in [0.15, 0.2) is 79.0 Å². The summed E-state index contributed by atoms with van der Waals surface area (Å²) in [6, 6.07) is 22.7. The molecule has 0 radical (unpaired) electrons. The Bertz CT molecular complexity index is 1510. The molecule has 0 aliphatic carbocycles. The average molecular weight is 465 g/mol. The Morgan fingerprint density at radius 2 is 1.80 bits per heavy atom. The van der Waals surface area contributed by atoms with E-state index in [0.29, 0.717) is 34.3 Å². The number of aryl methyl sites for hydroxylation is 1. The second-order valence-electron chi connectivity index (χ2n) is 8.26. The van der Waals surface area contributed by atoms with Gasteiger partial charge in [-0.3, -0.25) is 9.78 Å². The Hall–Kier alpha value is -4.59. The molecule has 2 aromatic carbocycles. The molecule has 5 rings (SSSR count). The van der Waals surface area contributed by atoms with Gasteiger partial charge in [-0.15, -0.1) is 10.2 Å². The monoisotopic (exact) mass is 464 g/mol. The van der Waals surface area contributed by atoms with Crippen LogP contribution in [-0.2, 0) is 4.79 Å². The Kier molecular flexibility index (Phi) is 5.93. The number of amides is 1. The van der Waals surface area contributed by atoms with Gasteiger partial charge in [0.1, 0.15) is 11.4 Å². The van der Waals surface area contributed by atoms with Gasteiger partial charge in [-0.1, -0.05) is 30.3 Å². The number of fused-ring (bicyclic) bond motifs is 1. The molecule has 0 fully saturated rings. The number of hydrogen-bond donors (Lipinski definition) is 1. The molecule has 0 aliphatic rings. The lowest BCUT2D eigenvalue weighted by Gasteiger charge is -2.17. The molecule has 1 atom stereocenters. The van der Waals surface area contributed by atoms with Crippen molar-refractivity contribution in [1.29, 1.82) is 0 Å². The molecule has 1 unspecified atom stereocenters. The molecule has 0 saturated heterocycles. The maximum Gasteiger partial charge on any atom is 0.265 e. The molecule has 0 spiro atoms. The van der Waals surface area contributed by atoms with Crippen LogP contribution in [0, 0.1) is 13.8 Å². The van der Waals surface area contributed by atoms with Gasteiger partial charge in [0.25, 0.3) is 5.91 Å². The molecular weight excluding hydrogens is 440 g/mol. The van der Waals surface area contributed by atoms with Crippen molar-refractivity contribution < 1.29 is 9.53 Å². The minimum atomic E-state index is -0.661. The highest BCUT2D eigenvalue weighted by Crippen LogP contribution is 2.24. The summed E-state index contributed by atoms with van der Waals surface area (Å²) in [5.74, 6) is 1.03. The van der Waals surface area contributed by atoms with Crippen molar-refractivity contribution in [2.75, 3.05) is 5.32 Å². The summed E-state index contributed by atoms with van der Waals surface area (Å²) in [7, 11) is 0. The molecule has 0 bridgehead atoms. The first kappa shape index (κ1) is 22.2. The number of aromatic nitrogens is 5. The minimum absolute atomic E-state index is 0.234. The van der Waals surface area contributed by atoms with Gasteiger partial charge in [0.05, 0.1) is 5.69 Å². The van der Waals surface area contributed by atoms with Crippen LogP contribution < -0.4 is 10.1 Å². The lowest BCUT2D eigenvalue weighted by atomic mass is 10.1. The van der Waals surface area contributed by atoms with Gasteiger partial charge in [-0.05, 0) is 74.4 Å². The Morgan fingerprint density at radius 1 is 0.943 bits per heavy atom. The van der Waals surface area contributed by atoms with Crippen LogP contribution in [0.2, 0.25) is 0 Å². The van der Waals surface area contributed by atoms with Crippen molar-refractivity contribution in [3.63, 3.8) is 0 Å². The molecule has 3 heterocycles. The molecule has 0 saturated carbocycles. The van der Waals surface area contributed by atoms with Gasteiger partial charge in [0.15, 0.2) is 11.8 Å². The number of carbonyl (C=O) groups is 1. The number of nitrogens with one attached hydrogen (secondary N) is 1. The van der Waals surface area contributed by atoms with Gasteiger partial charge in [0.2, 0.25) is 5.82 Å². The molecule has 1 amide bonds. The Balaban J connectivity index is 1.37. The van der Waals surface area contributed by atoms with Crippen molar-refractivity contribution in [3.8, 4) is 28.5 Å². The second kappa shape index (κ2) is 9.34. The summed E-state index contributed by atoms with van der Waals surface area (Å²) >= 11 is 0. The zero-order chi connectivity index (χ0) is 24.4. The lowest BCUT2D eigenvalue weighted by Crippen LogP contribution is -2.30. The van der Waals surface area contributed by atoms with E-state index in [4.69, 9.17) is 9.84 Å². The van der Waals surface area contributed by atoms with Crippen LogP contribution in [0.5, 0.6) is 5.75 Å². The highest BCUT2D eigenvalue weighted by Gasteiger charge is 2.17. The van der Waals surface area contributed by atoms with Crippen LogP contribution in [0.3, 0.4) is 0 Å². The summed E-state index contributed by atoms with van der Waals surface area (Å²) in [5.41, 5.74) is 5.65. The summed E-state index contributed by atoms with van der Waals surface area (Å²) in [6.07, 6.45) is 1.05. The fourth-order valence-corrected chi connectivity index (χ4v) is 3.69.